The van der Waals surface area contributed by atoms with E-state index in [0.29, 0.717) is 6.54 Å². The van der Waals surface area contributed by atoms with E-state index in [1.54, 1.807) is 0 Å². The lowest BCUT2D eigenvalue weighted by molar-refractivity contribution is 0.292. The van der Waals surface area contributed by atoms with Gasteiger partial charge in [0.2, 0.25) is 0 Å². The molecule has 0 atom stereocenters. The summed E-state index contributed by atoms with van der Waals surface area (Å²) < 4.78 is 0. The predicted octanol–water partition coefficient (Wildman–Crippen LogP) is 0.369. The average Bonchev–Trinajstić information content (AvgIpc) is 2.07. The fourth-order valence-corrected chi connectivity index (χ4v) is 0.794. The van der Waals surface area contributed by atoms with E-state index in [4.69, 9.17) is 5.11 Å². The normalized spacial score (nSPS) is 9.18. The van der Waals surface area contributed by atoms with Gasteiger partial charge in [-0.3, -0.25) is 0 Å². The van der Waals surface area contributed by atoms with E-state index in [2.05, 4.69) is 17.4 Å². The molecule has 0 fully saturated rings. The molecule has 0 aliphatic rings. The van der Waals surface area contributed by atoms with Gasteiger partial charge in [-0.15, -0.1) is 0 Å². The quantitative estimate of drug-likeness (QED) is 0.606. The minimum Gasteiger partial charge on any atom is -0.395 e. The second-order valence-corrected chi connectivity index (χ2v) is 2.22. The van der Waals surface area contributed by atoms with Crippen LogP contribution in [0.15, 0.2) is 18.2 Å². The van der Waals surface area contributed by atoms with E-state index >= 15 is 0 Å². The van der Waals surface area contributed by atoms with Crippen LogP contribution >= 0.6 is 0 Å². The molecule has 0 aliphatic heterocycles. The molecule has 2 N–H and O–H groups in total. The molecule has 2 heteroatoms. The number of hydrogen-bond donors (Lipinski definition) is 2. The van der Waals surface area contributed by atoms with Gasteiger partial charge >= 0.3 is 0 Å². The molecule has 58 valence electrons. The molecule has 0 aliphatic carbocycles. The lowest BCUT2D eigenvalue weighted by Gasteiger charge is -1.98. The summed E-state index contributed by atoms with van der Waals surface area (Å²) in [5.41, 5.74) is 1.07. The Morgan fingerprint density at radius 2 is 2.45 bits per heavy atom. The van der Waals surface area contributed by atoms with Crippen LogP contribution in [-0.4, -0.2) is 18.3 Å². The molecule has 0 saturated carbocycles. The van der Waals surface area contributed by atoms with Crippen LogP contribution in [0.4, 0.5) is 0 Å². The molecule has 0 radical (unpaired) electrons. The van der Waals surface area contributed by atoms with Crippen molar-refractivity contribution in [2.24, 2.45) is 0 Å². The Morgan fingerprint density at radius 3 is 3.09 bits per heavy atom. The van der Waals surface area contributed by atoms with Crippen molar-refractivity contribution in [3.8, 4) is 0 Å². The zero-order valence-corrected chi connectivity index (χ0v) is 6.30. The predicted molar refractivity (Wildman–Crippen MR) is 42.9 cm³/mol. The lowest BCUT2D eigenvalue weighted by atomic mass is 10.2. The van der Waals surface area contributed by atoms with Crippen LogP contribution in [0.25, 0.3) is 0 Å². The Labute approximate surface area is 66.9 Å². The fourth-order valence-electron chi connectivity index (χ4n) is 0.794. The molecular weight excluding hydrogens is 138 g/mol. The van der Waals surface area contributed by atoms with Gasteiger partial charge in [-0.1, -0.05) is 18.2 Å². The van der Waals surface area contributed by atoms with Crippen molar-refractivity contribution in [1.82, 2.24) is 5.32 Å². The Hall–Kier alpha value is -1.04. The topological polar surface area (TPSA) is 32.3 Å². The maximum Gasteiger partial charge on any atom is 0.0556 e. The average molecular weight is 149 g/mol. The van der Waals surface area contributed by atoms with E-state index in [-0.39, 0.29) is 6.61 Å². The van der Waals surface area contributed by atoms with Gasteiger partial charge in [-0.25, -0.2) is 0 Å². The van der Waals surface area contributed by atoms with Crippen molar-refractivity contribution >= 4 is 0 Å². The SMILES string of the molecule is OCCNCc1c#cccc1. The fraction of sp³-hybridized carbons (Fsp3) is 0.333. The van der Waals surface area contributed by atoms with E-state index in [1.807, 2.05) is 18.2 Å². The van der Waals surface area contributed by atoms with E-state index in [9.17, 15) is 0 Å². The molecule has 0 bridgehead atoms. The highest BCUT2D eigenvalue weighted by Crippen LogP contribution is 1.90. The third kappa shape index (κ3) is 3.03. The summed E-state index contributed by atoms with van der Waals surface area (Å²) in [7, 11) is 0. The molecule has 0 heterocycles. The van der Waals surface area contributed by atoms with E-state index in [1.165, 1.54) is 0 Å². The molecular formula is C9H11NO. The Balaban J connectivity index is 2.28. The summed E-state index contributed by atoms with van der Waals surface area (Å²) in [6, 6.07) is 11.5. The number of hydrogen-bond acceptors (Lipinski definition) is 2. The second kappa shape index (κ2) is 4.73. The first kappa shape index (κ1) is 8.06. The number of aliphatic hydroxyl groups excluding tert-OH is 1. The van der Waals surface area contributed by atoms with Crippen LogP contribution < -0.4 is 5.32 Å². The largest absolute Gasteiger partial charge is 0.395 e. The summed E-state index contributed by atoms with van der Waals surface area (Å²) in [6.07, 6.45) is 0. The van der Waals surface area contributed by atoms with E-state index < -0.39 is 0 Å². The van der Waals surface area contributed by atoms with Gasteiger partial charge in [0.25, 0.3) is 0 Å². The minimum absolute atomic E-state index is 0.177. The van der Waals surface area contributed by atoms with Gasteiger partial charge < -0.3 is 10.4 Å². The van der Waals surface area contributed by atoms with Crippen LogP contribution in [0.3, 0.4) is 0 Å². The van der Waals surface area contributed by atoms with Crippen molar-refractivity contribution in [1.29, 1.82) is 0 Å². The molecule has 0 saturated heterocycles. The second-order valence-electron chi connectivity index (χ2n) is 2.22. The highest BCUT2D eigenvalue weighted by molar-refractivity contribution is 5.06. The molecule has 11 heavy (non-hydrogen) atoms. The Kier molecular flexibility index (Phi) is 3.46. The summed E-state index contributed by atoms with van der Waals surface area (Å²) in [6.45, 7) is 1.55. The first-order valence-corrected chi connectivity index (χ1v) is 3.62. The van der Waals surface area contributed by atoms with Gasteiger partial charge in [-0.05, 0) is 12.1 Å². The smallest absolute Gasteiger partial charge is 0.0556 e. The summed E-state index contributed by atoms with van der Waals surface area (Å²) in [5.74, 6) is 0. The molecule has 0 spiro atoms. The van der Waals surface area contributed by atoms with Crippen LogP contribution in [0.5, 0.6) is 0 Å². The number of nitrogens with one attached hydrogen (secondary N) is 1. The molecule has 1 rings (SSSR count). The van der Waals surface area contributed by atoms with Crippen LogP contribution in [-0.2, 0) is 6.54 Å². The van der Waals surface area contributed by atoms with Gasteiger partial charge in [0.1, 0.15) is 0 Å². The minimum atomic E-state index is 0.177. The maximum atomic E-state index is 8.46. The van der Waals surface area contributed by atoms with E-state index in [0.717, 1.165) is 12.1 Å². The van der Waals surface area contributed by atoms with Crippen LogP contribution in [0, 0.1) is 12.1 Å². The first-order chi connectivity index (χ1) is 5.43. The standard InChI is InChI=1S/C9H11NO/c11-7-6-10-8-9-4-2-1-3-5-9/h1-2,4,10-11H,6-8H2. The number of aliphatic hydroxyl groups is 1. The Bertz CT molecular complexity index is 186. The molecule has 1 aromatic rings. The first-order valence-electron chi connectivity index (χ1n) is 3.62. The van der Waals surface area contributed by atoms with Crippen LogP contribution in [0.2, 0.25) is 0 Å². The monoisotopic (exact) mass is 149 g/mol. The van der Waals surface area contributed by atoms with Gasteiger partial charge in [0.15, 0.2) is 0 Å². The van der Waals surface area contributed by atoms with Gasteiger partial charge in [0.05, 0.1) is 6.61 Å². The summed E-state index contributed by atoms with van der Waals surface area (Å²) in [5, 5.41) is 11.5. The molecule has 0 aromatic heterocycles. The molecule has 0 unspecified atom stereocenters. The van der Waals surface area contributed by atoms with Gasteiger partial charge in [-0.2, -0.15) is 0 Å². The van der Waals surface area contributed by atoms with Crippen molar-refractivity contribution in [2.45, 2.75) is 6.54 Å². The Morgan fingerprint density at radius 1 is 1.55 bits per heavy atom. The highest BCUT2D eigenvalue weighted by Gasteiger charge is 1.87. The number of rotatable bonds is 4. The van der Waals surface area contributed by atoms with Crippen molar-refractivity contribution in [2.75, 3.05) is 13.2 Å². The summed E-state index contributed by atoms with van der Waals surface area (Å²) in [4.78, 5) is 0. The van der Waals surface area contributed by atoms with Crippen LogP contribution in [0.1, 0.15) is 5.56 Å². The zero-order valence-electron chi connectivity index (χ0n) is 6.30. The van der Waals surface area contributed by atoms with Crippen molar-refractivity contribution in [3.05, 3.63) is 35.9 Å². The molecule has 2 nitrogen and oxygen atoms in total. The third-order valence-electron chi connectivity index (χ3n) is 1.31. The van der Waals surface area contributed by atoms with Crippen molar-refractivity contribution in [3.63, 3.8) is 0 Å². The zero-order chi connectivity index (χ0) is 7.94. The maximum absolute atomic E-state index is 8.46. The van der Waals surface area contributed by atoms with Gasteiger partial charge in [0, 0.05) is 18.7 Å². The lowest BCUT2D eigenvalue weighted by Crippen LogP contribution is -2.17. The molecule has 0 amide bonds. The third-order valence-corrected chi connectivity index (χ3v) is 1.31. The highest BCUT2D eigenvalue weighted by atomic mass is 16.3. The van der Waals surface area contributed by atoms with Crippen molar-refractivity contribution < 1.29 is 5.11 Å². The molecule has 1 aromatic carbocycles. The summed E-state index contributed by atoms with van der Waals surface area (Å²) >= 11 is 0.